The largest absolute Gasteiger partial charge is 0.369 e. The summed E-state index contributed by atoms with van der Waals surface area (Å²) in [5.74, 6) is -0.352. The summed E-state index contributed by atoms with van der Waals surface area (Å²) >= 11 is 6.08. The molecule has 0 saturated carbocycles. The number of carbonyl (C=O) groups is 1. The second kappa shape index (κ2) is 9.81. The van der Waals surface area contributed by atoms with Crippen LogP contribution >= 0.6 is 11.6 Å². The molecule has 1 saturated heterocycles. The summed E-state index contributed by atoms with van der Waals surface area (Å²) in [5, 5.41) is 3.09. The van der Waals surface area contributed by atoms with E-state index in [0.29, 0.717) is 6.54 Å². The summed E-state index contributed by atoms with van der Waals surface area (Å²) in [6.07, 6.45) is 1.93. The van der Waals surface area contributed by atoms with Crippen molar-refractivity contribution in [2.45, 2.75) is 18.2 Å². The Morgan fingerprint density at radius 2 is 1.83 bits per heavy atom. The monoisotopic (exact) mass is 449 g/mol. The number of nitrogens with zero attached hydrogens (tertiary/aromatic N) is 2. The summed E-state index contributed by atoms with van der Waals surface area (Å²) in [4.78, 5) is 17.3. The van der Waals surface area contributed by atoms with E-state index in [0.717, 1.165) is 45.4 Å². The highest BCUT2D eigenvalue weighted by Gasteiger charge is 2.18. The van der Waals surface area contributed by atoms with Crippen molar-refractivity contribution in [2.75, 3.05) is 50.4 Å². The minimum Gasteiger partial charge on any atom is -0.369 e. The smallest absolute Gasteiger partial charge is 0.252 e. The first-order valence-corrected chi connectivity index (χ1v) is 12.3. The number of sulfone groups is 1. The first-order chi connectivity index (χ1) is 14.2. The molecule has 8 heteroatoms. The van der Waals surface area contributed by atoms with E-state index in [9.17, 15) is 13.2 Å². The maximum atomic E-state index is 12.4. The average Bonchev–Trinajstić information content (AvgIpc) is 2.71. The van der Waals surface area contributed by atoms with Crippen LogP contribution in [0.1, 0.15) is 22.3 Å². The van der Waals surface area contributed by atoms with Crippen LogP contribution in [-0.4, -0.2) is 64.7 Å². The summed E-state index contributed by atoms with van der Waals surface area (Å²) in [6, 6.07) is 12.8. The first kappa shape index (κ1) is 22.6. The fourth-order valence-corrected chi connectivity index (χ4v) is 4.41. The van der Waals surface area contributed by atoms with Crippen LogP contribution < -0.4 is 10.2 Å². The Kier molecular flexibility index (Phi) is 7.39. The number of piperazine rings is 1. The van der Waals surface area contributed by atoms with Crippen molar-refractivity contribution < 1.29 is 13.2 Å². The lowest BCUT2D eigenvalue weighted by Gasteiger charge is -2.36. The van der Waals surface area contributed by atoms with Crippen LogP contribution in [0.15, 0.2) is 47.4 Å². The quantitative estimate of drug-likeness (QED) is 0.658. The minimum absolute atomic E-state index is 0.0866. The third-order valence-corrected chi connectivity index (χ3v) is 6.73. The highest BCUT2D eigenvalue weighted by Crippen LogP contribution is 2.21. The van der Waals surface area contributed by atoms with Gasteiger partial charge in [0.15, 0.2) is 9.84 Å². The molecule has 1 N–H and O–H groups in total. The SMILES string of the molecule is Cc1cccc(N2CCN(CCCNC(=O)c3cc(S(C)(=O)=O)ccc3Cl)CC2)c1. The Labute approximate surface area is 183 Å². The van der Waals surface area contributed by atoms with Crippen LogP contribution in [0.5, 0.6) is 0 Å². The molecule has 0 aromatic heterocycles. The molecule has 3 rings (SSSR count). The second-order valence-electron chi connectivity index (χ2n) is 7.69. The first-order valence-electron chi connectivity index (χ1n) is 10.1. The predicted octanol–water partition coefficient (Wildman–Crippen LogP) is 2.99. The number of carbonyl (C=O) groups excluding carboxylic acids is 1. The third kappa shape index (κ3) is 5.97. The molecular formula is C22H28ClN3O3S. The summed E-state index contributed by atoms with van der Waals surface area (Å²) in [7, 11) is -3.39. The highest BCUT2D eigenvalue weighted by molar-refractivity contribution is 7.90. The number of rotatable bonds is 7. The van der Waals surface area contributed by atoms with Gasteiger partial charge >= 0.3 is 0 Å². The van der Waals surface area contributed by atoms with E-state index in [2.05, 4.69) is 46.3 Å². The molecule has 6 nitrogen and oxygen atoms in total. The predicted molar refractivity (Wildman–Crippen MR) is 121 cm³/mol. The standard InChI is InChI=1S/C22H28ClN3O3S/c1-17-5-3-6-18(15-17)26-13-11-25(12-14-26)10-4-9-24-22(27)20-16-19(30(2,28)29)7-8-21(20)23/h3,5-8,15-16H,4,9-14H2,1-2H3,(H,24,27). The number of amides is 1. The van der Waals surface area contributed by atoms with Gasteiger partial charge in [0, 0.05) is 44.7 Å². The number of anilines is 1. The Morgan fingerprint density at radius 3 is 2.50 bits per heavy atom. The van der Waals surface area contributed by atoms with Crippen LogP contribution in [0.3, 0.4) is 0 Å². The molecule has 1 fully saturated rings. The van der Waals surface area contributed by atoms with Crippen molar-refractivity contribution in [1.29, 1.82) is 0 Å². The van der Waals surface area contributed by atoms with E-state index in [1.165, 1.54) is 29.4 Å². The van der Waals surface area contributed by atoms with Gasteiger partial charge in [-0.05, 0) is 55.8 Å². The molecule has 1 amide bonds. The maximum absolute atomic E-state index is 12.4. The lowest BCUT2D eigenvalue weighted by atomic mass is 10.2. The van der Waals surface area contributed by atoms with Gasteiger partial charge in [-0.1, -0.05) is 23.7 Å². The van der Waals surface area contributed by atoms with Gasteiger partial charge in [-0.3, -0.25) is 9.69 Å². The van der Waals surface area contributed by atoms with Crippen LogP contribution in [0.4, 0.5) is 5.69 Å². The molecule has 1 aliphatic heterocycles. The molecule has 0 aliphatic carbocycles. The molecule has 0 radical (unpaired) electrons. The van der Waals surface area contributed by atoms with Crippen LogP contribution in [0, 0.1) is 6.92 Å². The van der Waals surface area contributed by atoms with Crippen molar-refractivity contribution in [3.05, 3.63) is 58.6 Å². The van der Waals surface area contributed by atoms with Crippen molar-refractivity contribution in [1.82, 2.24) is 10.2 Å². The van der Waals surface area contributed by atoms with Crippen LogP contribution in [-0.2, 0) is 9.84 Å². The molecule has 0 spiro atoms. The van der Waals surface area contributed by atoms with E-state index in [1.54, 1.807) is 0 Å². The number of nitrogens with one attached hydrogen (secondary N) is 1. The maximum Gasteiger partial charge on any atom is 0.252 e. The lowest BCUT2D eigenvalue weighted by Crippen LogP contribution is -2.47. The molecule has 30 heavy (non-hydrogen) atoms. The number of hydrogen-bond donors (Lipinski definition) is 1. The van der Waals surface area contributed by atoms with E-state index < -0.39 is 9.84 Å². The zero-order valence-corrected chi connectivity index (χ0v) is 19.0. The van der Waals surface area contributed by atoms with Gasteiger partial charge < -0.3 is 10.2 Å². The number of hydrogen-bond acceptors (Lipinski definition) is 5. The topological polar surface area (TPSA) is 69.7 Å². The van der Waals surface area contributed by atoms with E-state index in [1.807, 2.05) is 0 Å². The fraction of sp³-hybridized carbons (Fsp3) is 0.409. The zero-order valence-electron chi connectivity index (χ0n) is 17.4. The summed E-state index contributed by atoms with van der Waals surface area (Å²) < 4.78 is 23.4. The molecule has 1 aliphatic rings. The van der Waals surface area contributed by atoms with Gasteiger partial charge in [-0.2, -0.15) is 0 Å². The molecule has 0 unspecified atom stereocenters. The molecule has 0 bridgehead atoms. The van der Waals surface area contributed by atoms with Crippen molar-refractivity contribution >= 4 is 33.0 Å². The Morgan fingerprint density at radius 1 is 1.10 bits per heavy atom. The van der Waals surface area contributed by atoms with Crippen LogP contribution in [0.2, 0.25) is 5.02 Å². The molecule has 2 aromatic rings. The van der Waals surface area contributed by atoms with Crippen LogP contribution in [0.25, 0.3) is 0 Å². The highest BCUT2D eigenvalue weighted by atomic mass is 35.5. The molecule has 2 aromatic carbocycles. The van der Waals surface area contributed by atoms with Crippen molar-refractivity contribution in [3.63, 3.8) is 0 Å². The Hall–Kier alpha value is -2.09. The summed E-state index contributed by atoms with van der Waals surface area (Å²) in [6.45, 7) is 7.48. The van der Waals surface area contributed by atoms with Crippen molar-refractivity contribution in [3.8, 4) is 0 Å². The summed E-state index contributed by atoms with van der Waals surface area (Å²) in [5.41, 5.74) is 2.73. The average molecular weight is 450 g/mol. The number of aryl methyl sites for hydroxylation is 1. The molecular weight excluding hydrogens is 422 g/mol. The van der Waals surface area contributed by atoms with E-state index >= 15 is 0 Å². The Bertz CT molecular complexity index is 1000. The molecule has 1 heterocycles. The Balaban J connectivity index is 1.43. The number of halogens is 1. The van der Waals surface area contributed by atoms with Gasteiger partial charge in [0.25, 0.3) is 5.91 Å². The molecule has 162 valence electrons. The minimum atomic E-state index is -3.39. The third-order valence-electron chi connectivity index (χ3n) is 5.29. The van der Waals surface area contributed by atoms with Gasteiger partial charge in [0.2, 0.25) is 0 Å². The van der Waals surface area contributed by atoms with E-state index in [4.69, 9.17) is 11.6 Å². The van der Waals surface area contributed by atoms with Gasteiger partial charge in [-0.25, -0.2) is 8.42 Å². The lowest BCUT2D eigenvalue weighted by molar-refractivity contribution is 0.0951. The zero-order chi connectivity index (χ0) is 21.7. The fourth-order valence-electron chi connectivity index (χ4n) is 3.56. The van der Waals surface area contributed by atoms with Gasteiger partial charge in [-0.15, -0.1) is 0 Å². The second-order valence-corrected chi connectivity index (χ2v) is 10.1. The normalized spacial score (nSPS) is 15.2. The van der Waals surface area contributed by atoms with E-state index in [-0.39, 0.29) is 21.4 Å². The van der Waals surface area contributed by atoms with Gasteiger partial charge in [0.1, 0.15) is 0 Å². The molecule has 0 atom stereocenters. The van der Waals surface area contributed by atoms with Gasteiger partial charge in [0.05, 0.1) is 15.5 Å². The number of benzene rings is 2. The van der Waals surface area contributed by atoms with Crippen molar-refractivity contribution in [2.24, 2.45) is 0 Å².